The van der Waals surface area contributed by atoms with Crippen molar-refractivity contribution in [2.45, 2.75) is 25.0 Å². The Hall–Kier alpha value is -1.83. The number of halogens is 4. The van der Waals surface area contributed by atoms with Crippen LogP contribution in [0.25, 0.3) is 0 Å². The van der Waals surface area contributed by atoms with E-state index in [0.717, 1.165) is 12.1 Å². The molecule has 106 valence electrons. The van der Waals surface area contributed by atoms with Gasteiger partial charge in [0.25, 0.3) is 0 Å². The molecule has 1 atom stereocenters. The number of benzene rings is 1. The number of aliphatic carboxylic acids is 1. The lowest BCUT2D eigenvalue weighted by Gasteiger charge is -2.17. The van der Waals surface area contributed by atoms with Gasteiger partial charge in [-0.1, -0.05) is 12.1 Å². The van der Waals surface area contributed by atoms with Gasteiger partial charge in [-0.2, -0.15) is 17.6 Å². The number of hydrogen-bond acceptors (Lipinski definition) is 3. The fourth-order valence-electron chi connectivity index (χ4n) is 1.29. The van der Waals surface area contributed by atoms with Crippen LogP contribution >= 0.6 is 0 Å². The van der Waals surface area contributed by atoms with E-state index in [1.165, 1.54) is 12.1 Å². The minimum absolute atomic E-state index is 0.340. The van der Waals surface area contributed by atoms with Crippen LogP contribution in [0.2, 0.25) is 0 Å². The first kappa shape index (κ1) is 15.2. The van der Waals surface area contributed by atoms with Crippen molar-refractivity contribution in [3.63, 3.8) is 0 Å². The third kappa shape index (κ3) is 4.40. The first-order chi connectivity index (χ1) is 8.72. The van der Waals surface area contributed by atoms with Crippen molar-refractivity contribution < 1.29 is 32.2 Å². The molecule has 0 aliphatic rings. The van der Waals surface area contributed by atoms with Gasteiger partial charge in [0, 0.05) is 6.04 Å². The molecule has 0 heterocycles. The quantitative estimate of drug-likeness (QED) is 0.785. The van der Waals surface area contributed by atoms with Crippen molar-refractivity contribution in [3.8, 4) is 5.75 Å². The molecule has 0 spiro atoms. The molecule has 0 amide bonds. The molecule has 1 unspecified atom stereocenters. The lowest BCUT2D eigenvalue weighted by molar-refractivity contribution is -0.253. The summed E-state index contributed by atoms with van der Waals surface area (Å²) in [4.78, 5) is 10.4. The lowest BCUT2D eigenvalue weighted by atomic mass is 10.0. The summed E-state index contributed by atoms with van der Waals surface area (Å²) < 4.78 is 52.8. The topological polar surface area (TPSA) is 72.6 Å². The normalized spacial score (nSPS) is 13.4. The van der Waals surface area contributed by atoms with Crippen LogP contribution in [0.3, 0.4) is 0 Å². The largest absolute Gasteiger partial charge is 0.481 e. The number of rotatable bonds is 6. The smallest absolute Gasteiger partial charge is 0.461 e. The first-order valence-corrected chi connectivity index (χ1v) is 5.14. The fourth-order valence-corrected chi connectivity index (χ4v) is 1.29. The van der Waals surface area contributed by atoms with Gasteiger partial charge in [0.05, 0.1) is 6.42 Å². The molecule has 4 nitrogen and oxygen atoms in total. The molecule has 0 bridgehead atoms. The molecule has 0 aromatic heterocycles. The van der Waals surface area contributed by atoms with E-state index in [2.05, 4.69) is 4.74 Å². The van der Waals surface area contributed by atoms with Gasteiger partial charge < -0.3 is 15.6 Å². The van der Waals surface area contributed by atoms with Crippen LogP contribution in [0.15, 0.2) is 24.3 Å². The highest BCUT2D eigenvalue weighted by molar-refractivity contribution is 5.67. The van der Waals surface area contributed by atoms with Crippen LogP contribution in [0.5, 0.6) is 5.75 Å². The maximum atomic E-state index is 12.6. The first-order valence-electron chi connectivity index (χ1n) is 5.14. The number of nitrogens with two attached hydrogens (primary N) is 1. The third-order valence-corrected chi connectivity index (χ3v) is 2.21. The molecular formula is C11H11F4NO3. The van der Waals surface area contributed by atoms with E-state index in [1.54, 1.807) is 0 Å². The van der Waals surface area contributed by atoms with E-state index in [0.29, 0.717) is 5.56 Å². The second-order valence-electron chi connectivity index (χ2n) is 3.74. The summed E-state index contributed by atoms with van der Waals surface area (Å²) in [6.07, 6.45) is -8.86. The zero-order chi connectivity index (χ0) is 14.6. The third-order valence-electron chi connectivity index (χ3n) is 2.21. The van der Waals surface area contributed by atoms with Crippen LogP contribution in [-0.4, -0.2) is 23.6 Å². The predicted octanol–water partition coefficient (Wildman–Crippen LogP) is 2.40. The standard InChI is InChI=1S/C11H11F4NO3/c12-10(13)11(14,15)19-7-3-1-6(2-4-7)8(16)5-9(17)18/h1-4,8,10H,5,16H2,(H,17,18). The van der Waals surface area contributed by atoms with E-state index in [9.17, 15) is 22.4 Å². The molecule has 8 heteroatoms. The van der Waals surface area contributed by atoms with Crippen molar-refractivity contribution in [1.82, 2.24) is 0 Å². The molecule has 1 aromatic rings. The van der Waals surface area contributed by atoms with Gasteiger partial charge in [-0.25, -0.2) is 0 Å². The molecule has 0 saturated heterocycles. The van der Waals surface area contributed by atoms with Crippen LogP contribution in [0.1, 0.15) is 18.0 Å². The predicted molar refractivity (Wildman–Crippen MR) is 57.2 cm³/mol. The highest BCUT2D eigenvalue weighted by atomic mass is 19.3. The Labute approximate surface area is 105 Å². The SMILES string of the molecule is NC(CC(=O)O)c1ccc(OC(F)(F)C(F)F)cc1. The van der Waals surface area contributed by atoms with Gasteiger partial charge in [-0.05, 0) is 17.7 Å². The fraction of sp³-hybridized carbons (Fsp3) is 0.364. The highest BCUT2D eigenvalue weighted by Gasteiger charge is 2.43. The van der Waals surface area contributed by atoms with Gasteiger partial charge in [0.15, 0.2) is 0 Å². The van der Waals surface area contributed by atoms with E-state index < -0.39 is 30.3 Å². The van der Waals surface area contributed by atoms with E-state index in [4.69, 9.17) is 10.8 Å². The molecule has 1 aromatic carbocycles. The van der Waals surface area contributed by atoms with Gasteiger partial charge in [-0.15, -0.1) is 0 Å². The van der Waals surface area contributed by atoms with Crippen LogP contribution in [0.4, 0.5) is 17.6 Å². The molecule has 1 rings (SSSR count). The molecule has 0 radical (unpaired) electrons. The van der Waals surface area contributed by atoms with Crippen molar-refractivity contribution in [3.05, 3.63) is 29.8 Å². The summed E-state index contributed by atoms with van der Waals surface area (Å²) in [5.74, 6) is -1.58. The van der Waals surface area contributed by atoms with Gasteiger partial charge >= 0.3 is 18.5 Å². The summed E-state index contributed by atoms with van der Waals surface area (Å²) in [5.41, 5.74) is 5.90. The van der Waals surface area contributed by atoms with Crippen LogP contribution in [-0.2, 0) is 4.79 Å². The number of carboxylic acids is 1. The average molecular weight is 281 g/mol. The summed E-state index contributed by atoms with van der Waals surface area (Å²) in [7, 11) is 0. The average Bonchev–Trinajstić information content (AvgIpc) is 2.28. The minimum atomic E-state index is -4.58. The van der Waals surface area contributed by atoms with Crippen molar-refractivity contribution >= 4 is 5.97 Å². The van der Waals surface area contributed by atoms with Crippen molar-refractivity contribution in [2.24, 2.45) is 5.73 Å². The van der Waals surface area contributed by atoms with E-state index in [-0.39, 0.29) is 6.42 Å². The Morgan fingerprint density at radius 3 is 2.26 bits per heavy atom. The number of carboxylic acid groups (broad SMARTS) is 1. The molecule has 0 fully saturated rings. The number of hydrogen-bond donors (Lipinski definition) is 2. The molecule has 0 aliphatic carbocycles. The molecular weight excluding hydrogens is 270 g/mol. The Morgan fingerprint density at radius 1 is 1.32 bits per heavy atom. The summed E-state index contributed by atoms with van der Waals surface area (Å²) >= 11 is 0. The minimum Gasteiger partial charge on any atom is -0.481 e. The Bertz CT molecular complexity index is 436. The second kappa shape index (κ2) is 5.87. The van der Waals surface area contributed by atoms with E-state index >= 15 is 0 Å². The molecule has 0 aliphatic heterocycles. The zero-order valence-electron chi connectivity index (χ0n) is 9.52. The monoisotopic (exact) mass is 281 g/mol. The van der Waals surface area contributed by atoms with Gasteiger partial charge in [-0.3, -0.25) is 4.79 Å². The summed E-state index contributed by atoms with van der Waals surface area (Å²) in [6, 6.07) is 3.71. The highest BCUT2D eigenvalue weighted by Crippen LogP contribution is 2.28. The zero-order valence-corrected chi connectivity index (χ0v) is 9.52. The maximum absolute atomic E-state index is 12.6. The van der Waals surface area contributed by atoms with E-state index in [1.807, 2.05) is 0 Å². The number of ether oxygens (including phenoxy) is 1. The Balaban J connectivity index is 2.74. The summed E-state index contributed by atoms with van der Waals surface area (Å²) in [6.45, 7) is 0. The molecule has 19 heavy (non-hydrogen) atoms. The van der Waals surface area contributed by atoms with Gasteiger partial charge in [0.1, 0.15) is 5.75 Å². The maximum Gasteiger partial charge on any atom is 0.461 e. The van der Waals surface area contributed by atoms with Crippen molar-refractivity contribution in [1.29, 1.82) is 0 Å². The lowest BCUT2D eigenvalue weighted by Crippen LogP contribution is -2.33. The number of carbonyl (C=O) groups is 1. The summed E-state index contributed by atoms with van der Waals surface area (Å²) in [5, 5.41) is 8.53. The molecule has 0 saturated carbocycles. The van der Waals surface area contributed by atoms with Crippen LogP contribution in [0, 0.1) is 0 Å². The Kier molecular flexibility index (Phi) is 4.71. The Morgan fingerprint density at radius 2 is 1.84 bits per heavy atom. The van der Waals surface area contributed by atoms with Crippen molar-refractivity contribution in [2.75, 3.05) is 0 Å². The molecule has 3 N–H and O–H groups in total. The van der Waals surface area contributed by atoms with Gasteiger partial charge in [0.2, 0.25) is 0 Å². The second-order valence-corrected chi connectivity index (χ2v) is 3.74. The number of alkyl halides is 4. The van der Waals surface area contributed by atoms with Crippen LogP contribution < -0.4 is 10.5 Å².